The van der Waals surface area contributed by atoms with Gasteiger partial charge < -0.3 is 15.5 Å². The Hall–Kier alpha value is -0.940. The molecule has 96 valence electrons. The highest BCUT2D eigenvalue weighted by Gasteiger charge is 2.14. The first-order valence-corrected chi connectivity index (χ1v) is 6.85. The highest BCUT2D eigenvalue weighted by atomic mass is 32.2. The summed E-state index contributed by atoms with van der Waals surface area (Å²) in [4.78, 5) is 11.7. The van der Waals surface area contributed by atoms with Crippen LogP contribution in [0.3, 0.4) is 0 Å². The van der Waals surface area contributed by atoms with E-state index in [9.17, 15) is 4.79 Å². The molecule has 0 aromatic carbocycles. The summed E-state index contributed by atoms with van der Waals surface area (Å²) in [7, 11) is 0. The molecule has 1 rings (SSSR count). The maximum absolute atomic E-state index is 11.7. The van der Waals surface area contributed by atoms with Crippen LogP contribution in [0.2, 0.25) is 0 Å². The first-order valence-electron chi connectivity index (χ1n) is 5.80. The lowest BCUT2D eigenvalue weighted by molar-refractivity contribution is -0.120. The fourth-order valence-electron chi connectivity index (χ4n) is 1.19. The summed E-state index contributed by atoms with van der Waals surface area (Å²) in [6, 6.07) is 3.81. The Morgan fingerprint density at radius 2 is 2.41 bits per heavy atom. The number of nitrogens with two attached hydrogens (primary N) is 1. The van der Waals surface area contributed by atoms with Crippen LogP contribution < -0.4 is 11.1 Å². The summed E-state index contributed by atoms with van der Waals surface area (Å²) in [5.41, 5.74) is 5.80. The van der Waals surface area contributed by atoms with Gasteiger partial charge in [-0.05, 0) is 25.5 Å². The molecule has 5 heteroatoms. The molecule has 0 aliphatic carbocycles. The number of nitrogens with one attached hydrogen (secondary N) is 1. The molecule has 2 unspecified atom stereocenters. The van der Waals surface area contributed by atoms with Gasteiger partial charge in [0.15, 0.2) is 0 Å². The SMILES string of the molecule is CCC(N)CSC(C)C(=O)NCc1ccco1. The maximum atomic E-state index is 11.7. The molecule has 1 aromatic rings. The lowest BCUT2D eigenvalue weighted by atomic mass is 10.3. The van der Waals surface area contributed by atoms with Crippen molar-refractivity contribution in [2.45, 2.75) is 38.1 Å². The average Bonchev–Trinajstić information content (AvgIpc) is 2.85. The van der Waals surface area contributed by atoms with E-state index in [4.69, 9.17) is 10.2 Å². The predicted octanol–water partition coefficient (Wildman–Crippen LogP) is 1.75. The molecule has 0 saturated carbocycles. The van der Waals surface area contributed by atoms with Crippen LogP contribution in [0, 0.1) is 0 Å². The smallest absolute Gasteiger partial charge is 0.233 e. The maximum Gasteiger partial charge on any atom is 0.233 e. The molecule has 17 heavy (non-hydrogen) atoms. The van der Waals surface area contributed by atoms with Crippen molar-refractivity contribution >= 4 is 17.7 Å². The summed E-state index contributed by atoms with van der Waals surface area (Å²) in [5, 5.41) is 2.75. The number of furan rings is 1. The summed E-state index contributed by atoms with van der Waals surface area (Å²) in [6.45, 7) is 4.38. The fraction of sp³-hybridized carbons (Fsp3) is 0.583. The third-order valence-electron chi connectivity index (χ3n) is 2.47. The zero-order chi connectivity index (χ0) is 12.7. The van der Waals surface area contributed by atoms with Gasteiger partial charge in [-0.1, -0.05) is 6.92 Å². The van der Waals surface area contributed by atoms with Crippen molar-refractivity contribution in [1.82, 2.24) is 5.32 Å². The van der Waals surface area contributed by atoms with Gasteiger partial charge >= 0.3 is 0 Å². The van der Waals surface area contributed by atoms with E-state index in [1.807, 2.05) is 19.9 Å². The van der Waals surface area contributed by atoms with Gasteiger partial charge in [-0.25, -0.2) is 0 Å². The molecule has 0 aliphatic rings. The third kappa shape index (κ3) is 5.28. The van der Waals surface area contributed by atoms with E-state index in [-0.39, 0.29) is 17.2 Å². The minimum Gasteiger partial charge on any atom is -0.467 e. The van der Waals surface area contributed by atoms with Crippen LogP contribution in [0.5, 0.6) is 0 Å². The number of rotatable bonds is 7. The molecule has 0 bridgehead atoms. The molecular formula is C12H20N2O2S. The molecular weight excluding hydrogens is 236 g/mol. The van der Waals surface area contributed by atoms with Crippen LogP contribution in [0.15, 0.2) is 22.8 Å². The molecule has 1 aromatic heterocycles. The summed E-state index contributed by atoms with van der Waals surface area (Å²) in [5.74, 6) is 1.60. The number of thioether (sulfide) groups is 1. The van der Waals surface area contributed by atoms with Gasteiger partial charge in [-0.3, -0.25) is 4.79 Å². The van der Waals surface area contributed by atoms with E-state index >= 15 is 0 Å². The number of hydrogen-bond donors (Lipinski definition) is 2. The number of carbonyl (C=O) groups is 1. The molecule has 0 aliphatic heterocycles. The van der Waals surface area contributed by atoms with Crippen LogP contribution in [0.25, 0.3) is 0 Å². The van der Waals surface area contributed by atoms with Crippen LogP contribution in [0.4, 0.5) is 0 Å². The van der Waals surface area contributed by atoms with Gasteiger partial charge in [-0.15, -0.1) is 11.8 Å². The van der Waals surface area contributed by atoms with Gasteiger partial charge in [0.05, 0.1) is 18.1 Å². The van der Waals surface area contributed by atoms with Crippen LogP contribution in [0.1, 0.15) is 26.0 Å². The van der Waals surface area contributed by atoms with Crippen molar-refractivity contribution in [1.29, 1.82) is 0 Å². The molecule has 1 heterocycles. The first kappa shape index (κ1) is 14.1. The van der Waals surface area contributed by atoms with E-state index in [2.05, 4.69) is 5.32 Å². The van der Waals surface area contributed by atoms with Crippen molar-refractivity contribution in [3.05, 3.63) is 24.2 Å². The van der Waals surface area contributed by atoms with Crippen molar-refractivity contribution < 1.29 is 9.21 Å². The second-order valence-corrected chi connectivity index (χ2v) is 5.31. The van der Waals surface area contributed by atoms with Gasteiger partial charge in [0.2, 0.25) is 5.91 Å². The normalized spacial score (nSPS) is 14.3. The molecule has 2 atom stereocenters. The Morgan fingerprint density at radius 1 is 1.65 bits per heavy atom. The fourth-order valence-corrected chi connectivity index (χ4v) is 2.20. The molecule has 0 radical (unpaired) electrons. The molecule has 0 saturated heterocycles. The lowest BCUT2D eigenvalue weighted by Gasteiger charge is -2.13. The van der Waals surface area contributed by atoms with E-state index in [0.29, 0.717) is 6.54 Å². The minimum atomic E-state index is -0.0810. The summed E-state index contributed by atoms with van der Waals surface area (Å²) in [6.07, 6.45) is 2.54. The van der Waals surface area contributed by atoms with E-state index < -0.39 is 0 Å². The average molecular weight is 256 g/mol. The van der Waals surface area contributed by atoms with Crippen LogP contribution in [-0.4, -0.2) is 23.0 Å². The second-order valence-electron chi connectivity index (χ2n) is 3.94. The van der Waals surface area contributed by atoms with Gasteiger partial charge in [0, 0.05) is 11.8 Å². The second kappa shape index (κ2) is 7.40. The largest absolute Gasteiger partial charge is 0.467 e. The Morgan fingerprint density at radius 3 is 3.00 bits per heavy atom. The quantitative estimate of drug-likeness (QED) is 0.780. The van der Waals surface area contributed by atoms with Crippen LogP contribution >= 0.6 is 11.8 Å². The predicted molar refractivity (Wildman–Crippen MR) is 70.7 cm³/mol. The van der Waals surface area contributed by atoms with Crippen molar-refractivity contribution in [3.63, 3.8) is 0 Å². The molecule has 4 nitrogen and oxygen atoms in total. The molecule has 0 spiro atoms. The van der Waals surface area contributed by atoms with E-state index in [1.54, 1.807) is 24.1 Å². The summed E-state index contributed by atoms with van der Waals surface area (Å²) < 4.78 is 5.14. The van der Waals surface area contributed by atoms with Gasteiger partial charge in [-0.2, -0.15) is 0 Å². The van der Waals surface area contributed by atoms with Crippen molar-refractivity contribution in [2.24, 2.45) is 5.73 Å². The Labute approximate surface area is 106 Å². The van der Waals surface area contributed by atoms with E-state index in [0.717, 1.165) is 17.9 Å². The highest BCUT2D eigenvalue weighted by molar-refractivity contribution is 8.00. The number of hydrogen-bond acceptors (Lipinski definition) is 4. The molecule has 1 amide bonds. The number of carbonyl (C=O) groups excluding carboxylic acids is 1. The zero-order valence-corrected chi connectivity index (χ0v) is 11.1. The zero-order valence-electron chi connectivity index (χ0n) is 10.3. The van der Waals surface area contributed by atoms with Crippen molar-refractivity contribution in [3.8, 4) is 0 Å². The molecule has 0 fully saturated rings. The monoisotopic (exact) mass is 256 g/mol. The highest BCUT2D eigenvalue weighted by Crippen LogP contribution is 2.12. The first-order chi connectivity index (χ1) is 8.13. The van der Waals surface area contributed by atoms with E-state index in [1.165, 1.54) is 0 Å². The Kier molecular flexibility index (Phi) is 6.15. The summed E-state index contributed by atoms with van der Waals surface area (Å²) >= 11 is 1.59. The lowest BCUT2D eigenvalue weighted by Crippen LogP contribution is -2.32. The standard InChI is InChI=1S/C12H20N2O2S/c1-3-10(13)8-17-9(2)12(15)14-7-11-5-4-6-16-11/h4-6,9-10H,3,7-8,13H2,1-2H3,(H,14,15). The van der Waals surface area contributed by atoms with Crippen LogP contribution in [-0.2, 0) is 11.3 Å². The van der Waals surface area contributed by atoms with Gasteiger partial charge in [0.1, 0.15) is 5.76 Å². The Bertz CT molecular complexity index is 327. The molecule has 3 N–H and O–H groups in total. The van der Waals surface area contributed by atoms with Crippen molar-refractivity contribution in [2.75, 3.05) is 5.75 Å². The van der Waals surface area contributed by atoms with Gasteiger partial charge in [0.25, 0.3) is 0 Å². The Balaban J connectivity index is 2.22. The topological polar surface area (TPSA) is 68.3 Å². The third-order valence-corrected chi connectivity index (χ3v) is 3.81. The number of amides is 1. The minimum absolute atomic E-state index is 0.0229.